The van der Waals surface area contributed by atoms with Crippen LogP contribution in [-0.2, 0) is 6.42 Å². The fourth-order valence-corrected chi connectivity index (χ4v) is 3.52. The molecule has 0 aliphatic heterocycles. The molecule has 0 aromatic heterocycles. The van der Waals surface area contributed by atoms with Gasteiger partial charge in [0.25, 0.3) is 0 Å². The molecule has 4 aromatic carbocycles. The van der Waals surface area contributed by atoms with Gasteiger partial charge in [-0.1, -0.05) is 93.6 Å². The zero-order valence-corrected chi connectivity index (χ0v) is 15.6. The van der Waals surface area contributed by atoms with Crippen LogP contribution in [0.15, 0.2) is 72.8 Å². The SMILES string of the molecule is CC.CCc1cc(-c2c(C)ccc3ccccc23)c2ccccc2c1. The highest BCUT2D eigenvalue weighted by atomic mass is 14.1. The van der Waals surface area contributed by atoms with Crippen LogP contribution in [0.5, 0.6) is 0 Å². The number of hydrogen-bond donors (Lipinski definition) is 0. The summed E-state index contributed by atoms with van der Waals surface area (Å²) in [5, 5.41) is 5.31. The zero-order chi connectivity index (χ0) is 17.8. The molecule has 0 radical (unpaired) electrons. The zero-order valence-electron chi connectivity index (χ0n) is 15.6. The molecule has 0 fully saturated rings. The predicted octanol–water partition coefficient (Wildman–Crippen LogP) is 7.56. The monoisotopic (exact) mass is 326 g/mol. The molecule has 0 aliphatic carbocycles. The number of hydrogen-bond acceptors (Lipinski definition) is 0. The predicted molar refractivity (Wildman–Crippen MR) is 112 cm³/mol. The molecular weight excluding hydrogens is 300 g/mol. The Balaban J connectivity index is 0.000000880. The molecule has 0 heteroatoms. The minimum atomic E-state index is 1.06. The number of aryl methyl sites for hydroxylation is 2. The number of benzene rings is 4. The van der Waals surface area contributed by atoms with Gasteiger partial charge in [-0.05, 0) is 57.1 Å². The second kappa shape index (κ2) is 7.53. The molecule has 0 saturated heterocycles. The Hall–Kier alpha value is -2.60. The van der Waals surface area contributed by atoms with Crippen LogP contribution < -0.4 is 0 Å². The van der Waals surface area contributed by atoms with E-state index >= 15 is 0 Å². The maximum atomic E-state index is 2.37. The molecule has 4 rings (SSSR count). The average molecular weight is 326 g/mol. The summed E-state index contributed by atoms with van der Waals surface area (Å²) in [5.41, 5.74) is 5.46. The van der Waals surface area contributed by atoms with Crippen LogP contribution in [0.1, 0.15) is 31.9 Å². The summed E-state index contributed by atoms with van der Waals surface area (Å²) >= 11 is 0. The third-order valence-electron chi connectivity index (χ3n) is 4.74. The van der Waals surface area contributed by atoms with E-state index < -0.39 is 0 Å². The first-order valence-corrected chi connectivity index (χ1v) is 9.28. The summed E-state index contributed by atoms with van der Waals surface area (Å²) < 4.78 is 0. The highest BCUT2D eigenvalue weighted by molar-refractivity contribution is 6.06. The molecule has 4 aromatic rings. The lowest BCUT2D eigenvalue weighted by atomic mass is 9.89. The van der Waals surface area contributed by atoms with Crippen LogP contribution in [0.3, 0.4) is 0 Å². The molecule has 0 atom stereocenters. The summed E-state index contributed by atoms with van der Waals surface area (Å²) in [5.74, 6) is 0. The maximum absolute atomic E-state index is 2.37. The first kappa shape index (κ1) is 17.2. The summed E-state index contributed by atoms with van der Waals surface area (Å²) in [7, 11) is 0. The molecule has 0 nitrogen and oxygen atoms in total. The molecule has 0 unspecified atom stereocenters. The number of fused-ring (bicyclic) bond motifs is 2. The van der Waals surface area contributed by atoms with Gasteiger partial charge in [0, 0.05) is 0 Å². The average Bonchev–Trinajstić information content (AvgIpc) is 2.69. The van der Waals surface area contributed by atoms with Crippen molar-refractivity contribution < 1.29 is 0 Å². The van der Waals surface area contributed by atoms with Crippen LogP contribution in [-0.4, -0.2) is 0 Å². The van der Waals surface area contributed by atoms with E-state index in [2.05, 4.69) is 86.6 Å². The van der Waals surface area contributed by atoms with Gasteiger partial charge in [-0.3, -0.25) is 0 Å². The maximum Gasteiger partial charge on any atom is -0.00698 e. The molecule has 0 saturated carbocycles. The van der Waals surface area contributed by atoms with Crippen LogP contribution in [0.25, 0.3) is 32.7 Å². The highest BCUT2D eigenvalue weighted by Gasteiger charge is 2.11. The van der Waals surface area contributed by atoms with E-state index in [4.69, 9.17) is 0 Å². The first-order valence-electron chi connectivity index (χ1n) is 9.28. The molecule has 0 N–H and O–H groups in total. The minimum absolute atomic E-state index is 1.06. The molecule has 0 bridgehead atoms. The van der Waals surface area contributed by atoms with Gasteiger partial charge >= 0.3 is 0 Å². The van der Waals surface area contributed by atoms with Crippen LogP contribution in [0, 0.1) is 6.92 Å². The second-order valence-electron chi connectivity index (χ2n) is 6.20. The van der Waals surface area contributed by atoms with Crippen molar-refractivity contribution in [3.8, 4) is 11.1 Å². The van der Waals surface area contributed by atoms with Crippen molar-refractivity contribution in [2.75, 3.05) is 0 Å². The van der Waals surface area contributed by atoms with E-state index in [-0.39, 0.29) is 0 Å². The Morgan fingerprint density at radius 3 is 2.04 bits per heavy atom. The molecule has 0 aliphatic rings. The Bertz CT molecular complexity index is 1010. The van der Waals surface area contributed by atoms with E-state index in [9.17, 15) is 0 Å². The van der Waals surface area contributed by atoms with E-state index in [0.29, 0.717) is 0 Å². The van der Waals surface area contributed by atoms with Gasteiger partial charge in [0.2, 0.25) is 0 Å². The van der Waals surface area contributed by atoms with Gasteiger partial charge in [-0.25, -0.2) is 0 Å². The van der Waals surface area contributed by atoms with Crippen molar-refractivity contribution in [2.24, 2.45) is 0 Å². The van der Waals surface area contributed by atoms with Crippen molar-refractivity contribution in [3.63, 3.8) is 0 Å². The Morgan fingerprint density at radius 1 is 0.680 bits per heavy atom. The van der Waals surface area contributed by atoms with Crippen molar-refractivity contribution in [1.82, 2.24) is 0 Å². The molecule has 0 spiro atoms. The van der Waals surface area contributed by atoms with E-state index in [1.54, 1.807) is 0 Å². The summed E-state index contributed by atoms with van der Waals surface area (Å²) in [4.78, 5) is 0. The van der Waals surface area contributed by atoms with Gasteiger partial charge in [0.1, 0.15) is 0 Å². The van der Waals surface area contributed by atoms with Gasteiger partial charge in [-0.15, -0.1) is 0 Å². The standard InChI is InChI=1S/C23H20.C2H6/c1-3-17-14-19-9-5-6-10-20(19)22(15-17)23-16(2)12-13-18-8-4-7-11-21(18)23;1-2/h4-15H,3H2,1-2H3;1-2H3. The van der Waals surface area contributed by atoms with E-state index in [1.807, 2.05) is 13.8 Å². The third kappa shape index (κ3) is 3.17. The van der Waals surface area contributed by atoms with Crippen molar-refractivity contribution in [2.45, 2.75) is 34.1 Å². The lowest BCUT2D eigenvalue weighted by Gasteiger charge is -2.15. The molecule has 25 heavy (non-hydrogen) atoms. The Labute approximate surface area is 151 Å². The lowest BCUT2D eigenvalue weighted by molar-refractivity contribution is 1.15. The van der Waals surface area contributed by atoms with Gasteiger partial charge < -0.3 is 0 Å². The normalized spacial score (nSPS) is 10.6. The quantitative estimate of drug-likeness (QED) is 0.356. The number of rotatable bonds is 2. The molecular formula is C25H26. The molecule has 0 amide bonds. The molecule has 0 heterocycles. The fourth-order valence-electron chi connectivity index (χ4n) is 3.52. The first-order chi connectivity index (χ1) is 12.3. The van der Waals surface area contributed by atoms with Crippen LogP contribution in [0.2, 0.25) is 0 Å². The third-order valence-corrected chi connectivity index (χ3v) is 4.74. The Morgan fingerprint density at radius 2 is 1.32 bits per heavy atom. The summed E-state index contributed by atoms with van der Waals surface area (Å²) in [6.45, 7) is 8.44. The van der Waals surface area contributed by atoms with Gasteiger partial charge in [-0.2, -0.15) is 0 Å². The largest absolute Gasteiger partial charge is 0.0683 e. The smallest absolute Gasteiger partial charge is 0.00698 e. The van der Waals surface area contributed by atoms with Crippen LogP contribution in [0.4, 0.5) is 0 Å². The fraction of sp³-hybridized carbons (Fsp3) is 0.200. The van der Waals surface area contributed by atoms with Gasteiger partial charge in [0.15, 0.2) is 0 Å². The highest BCUT2D eigenvalue weighted by Crippen LogP contribution is 2.37. The summed E-state index contributed by atoms with van der Waals surface area (Å²) in [6, 6.07) is 26.6. The Kier molecular flexibility index (Phi) is 5.19. The van der Waals surface area contributed by atoms with Crippen LogP contribution >= 0.6 is 0 Å². The second-order valence-corrected chi connectivity index (χ2v) is 6.20. The molecule has 126 valence electrons. The van der Waals surface area contributed by atoms with Crippen molar-refractivity contribution >= 4 is 21.5 Å². The van der Waals surface area contributed by atoms with Crippen molar-refractivity contribution in [1.29, 1.82) is 0 Å². The van der Waals surface area contributed by atoms with E-state index in [0.717, 1.165) is 6.42 Å². The van der Waals surface area contributed by atoms with Gasteiger partial charge in [0.05, 0.1) is 0 Å². The summed E-state index contributed by atoms with van der Waals surface area (Å²) in [6.07, 6.45) is 1.06. The van der Waals surface area contributed by atoms with Crippen molar-refractivity contribution in [3.05, 3.63) is 83.9 Å². The topological polar surface area (TPSA) is 0 Å². The lowest BCUT2D eigenvalue weighted by Crippen LogP contribution is -1.91. The van der Waals surface area contributed by atoms with E-state index in [1.165, 1.54) is 43.8 Å². The minimum Gasteiger partial charge on any atom is -0.0683 e.